The summed E-state index contributed by atoms with van der Waals surface area (Å²) in [5.74, 6) is 2.07. The van der Waals surface area contributed by atoms with Gasteiger partial charge in [0, 0.05) is 77.9 Å². The predicted octanol–water partition coefficient (Wildman–Crippen LogP) is 1.60. The number of hydrogen-bond donors (Lipinski definition) is 1. The van der Waals surface area contributed by atoms with E-state index in [0.29, 0.717) is 6.61 Å². The molecule has 0 saturated carbocycles. The van der Waals surface area contributed by atoms with Crippen LogP contribution < -0.4 is 15.1 Å². The van der Waals surface area contributed by atoms with E-state index in [4.69, 9.17) is 4.74 Å². The van der Waals surface area contributed by atoms with Crippen LogP contribution in [0.15, 0.2) is 36.7 Å². The monoisotopic (exact) mass is 384 g/mol. The molecule has 1 N–H and O–H groups in total. The molecule has 7 nitrogen and oxygen atoms in total. The number of piperazine rings is 1. The maximum absolute atomic E-state index is 5.12. The van der Waals surface area contributed by atoms with Crippen LogP contribution in [0.1, 0.15) is 11.1 Å². The van der Waals surface area contributed by atoms with Gasteiger partial charge in [-0.05, 0) is 24.7 Å². The lowest BCUT2D eigenvalue weighted by molar-refractivity contribution is 0.206. The third-order valence-electron chi connectivity index (χ3n) is 5.15. The van der Waals surface area contributed by atoms with Gasteiger partial charge in [0.05, 0.1) is 6.61 Å². The molecule has 0 aromatic carbocycles. The van der Waals surface area contributed by atoms with Crippen LogP contribution >= 0.6 is 0 Å². The normalized spacial score (nSPS) is 15.0. The van der Waals surface area contributed by atoms with E-state index in [1.54, 1.807) is 7.11 Å². The maximum Gasteiger partial charge on any atom is 0.133 e. The van der Waals surface area contributed by atoms with Gasteiger partial charge in [0.2, 0.25) is 0 Å². The number of nitrogens with zero attached hydrogens (tertiary/aromatic N) is 5. The van der Waals surface area contributed by atoms with E-state index in [2.05, 4.69) is 55.2 Å². The summed E-state index contributed by atoms with van der Waals surface area (Å²) in [6, 6.07) is 8.37. The maximum atomic E-state index is 5.12. The number of aromatic nitrogens is 2. The van der Waals surface area contributed by atoms with Gasteiger partial charge >= 0.3 is 0 Å². The minimum Gasteiger partial charge on any atom is -0.383 e. The molecule has 0 atom stereocenters. The predicted molar refractivity (Wildman–Crippen MR) is 114 cm³/mol. The highest BCUT2D eigenvalue weighted by molar-refractivity contribution is 5.47. The van der Waals surface area contributed by atoms with E-state index in [0.717, 1.165) is 57.4 Å². The SMILES string of the molecule is COCCN(C)c1ccc(CNCc2cccnc2N2CCN(C)CC2)cn1. The number of anilines is 2. The molecule has 7 heteroatoms. The highest BCUT2D eigenvalue weighted by Gasteiger charge is 2.17. The standard InChI is InChI=1S/C21H32N6O/c1-25-9-11-27(12-10-25)21-19(5-4-8-23-21)17-22-15-18-6-7-20(24-16-18)26(2)13-14-28-3/h4-8,16,22H,9-15,17H2,1-3H3. The molecule has 152 valence electrons. The molecular weight excluding hydrogens is 352 g/mol. The molecular formula is C21H32N6O. The van der Waals surface area contributed by atoms with Gasteiger partial charge in [-0.2, -0.15) is 0 Å². The number of nitrogens with one attached hydrogen (secondary N) is 1. The Morgan fingerprint density at radius 2 is 1.93 bits per heavy atom. The number of hydrogen-bond acceptors (Lipinski definition) is 7. The largest absolute Gasteiger partial charge is 0.383 e. The molecule has 3 heterocycles. The second-order valence-electron chi connectivity index (χ2n) is 7.32. The molecule has 0 bridgehead atoms. The fourth-order valence-electron chi connectivity index (χ4n) is 3.30. The Kier molecular flexibility index (Phi) is 7.59. The molecule has 0 unspecified atom stereocenters. The van der Waals surface area contributed by atoms with E-state index in [1.165, 1.54) is 11.1 Å². The van der Waals surface area contributed by atoms with Gasteiger partial charge in [0.25, 0.3) is 0 Å². The summed E-state index contributed by atoms with van der Waals surface area (Å²) in [5, 5.41) is 3.54. The minimum absolute atomic E-state index is 0.697. The van der Waals surface area contributed by atoms with Crippen LogP contribution in [0.4, 0.5) is 11.6 Å². The van der Waals surface area contributed by atoms with Crippen molar-refractivity contribution in [2.24, 2.45) is 0 Å². The van der Waals surface area contributed by atoms with Crippen molar-refractivity contribution in [2.45, 2.75) is 13.1 Å². The second-order valence-corrected chi connectivity index (χ2v) is 7.32. The summed E-state index contributed by atoms with van der Waals surface area (Å²) >= 11 is 0. The zero-order chi connectivity index (χ0) is 19.8. The summed E-state index contributed by atoms with van der Waals surface area (Å²) in [6.07, 6.45) is 3.83. The van der Waals surface area contributed by atoms with Crippen LogP contribution in [-0.2, 0) is 17.8 Å². The van der Waals surface area contributed by atoms with E-state index in [-0.39, 0.29) is 0 Å². The Labute approximate surface area is 168 Å². The van der Waals surface area contributed by atoms with Crippen molar-refractivity contribution in [2.75, 3.05) is 70.3 Å². The number of pyridine rings is 2. The van der Waals surface area contributed by atoms with E-state index < -0.39 is 0 Å². The Morgan fingerprint density at radius 3 is 2.64 bits per heavy atom. The van der Waals surface area contributed by atoms with Crippen LogP contribution in [0.3, 0.4) is 0 Å². The number of likely N-dealkylation sites (N-methyl/N-ethyl adjacent to an activating group) is 2. The van der Waals surface area contributed by atoms with Crippen molar-refractivity contribution in [3.8, 4) is 0 Å². The topological polar surface area (TPSA) is 56.8 Å². The fourth-order valence-corrected chi connectivity index (χ4v) is 3.30. The summed E-state index contributed by atoms with van der Waals surface area (Å²) in [7, 11) is 5.92. The van der Waals surface area contributed by atoms with Gasteiger partial charge in [-0.1, -0.05) is 12.1 Å². The van der Waals surface area contributed by atoms with E-state index >= 15 is 0 Å². The molecule has 0 radical (unpaired) electrons. The van der Waals surface area contributed by atoms with Crippen LogP contribution in [0.5, 0.6) is 0 Å². The summed E-state index contributed by atoms with van der Waals surface area (Å²) in [6.45, 7) is 7.34. The van der Waals surface area contributed by atoms with Gasteiger partial charge in [-0.15, -0.1) is 0 Å². The first-order chi connectivity index (χ1) is 13.7. The first-order valence-corrected chi connectivity index (χ1v) is 9.90. The van der Waals surface area contributed by atoms with Crippen molar-refractivity contribution in [3.63, 3.8) is 0 Å². The molecule has 0 amide bonds. The Hall–Kier alpha value is -2.22. The summed E-state index contributed by atoms with van der Waals surface area (Å²) < 4.78 is 5.12. The summed E-state index contributed by atoms with van der Waals surface area (Å²) in [4.78, 5) is 16.1. The Balaban J connectivity index is 1.52. The third-order valence-corrected chi connectivity index (χ3v) is 5.15. The molecule has 1 aliphatic rings. The first kappa shape index (κ1) is 20.5. The number of ether oxygens (including phenoxy) is 1. The molecule has 0 aliphatic carbocycles. The van der Waals surface area contributed by atoms with Crippen molar-refractivity contribution >= 4 is 11.6 Å². The van der Waals surface area contributed by atoms with Crippen molar-refractivity contribution < 1.29 is 4.74 Å². The van der Waals surface area contributed by atoms with Crippen molar-refractivity contribution in [1.29, 1.82) is 0 Å². The van der Waals surface area contributed by atoms with Crippen molar-refractivity contribution in [3.05, 3.63) is 47.8 Å². The minimum atomic E-state index is 0.697. The van der Waals surface area contributed by atoms with E-state index in [9.17, 15) is 0 Å². The average Bonchev–Trinajstić information content (AvgIpc) is 2.73. The smallest absolute Gasteiger partial charge is 0.133 e. The second kappa shape index (κ2) is 10.4. The Morgan fingerprint density at radius 1 is 1.11 bits per heavy atom. The lowest BCUT2D eigenvalue weighted by atomic mass is 10.2. The molecule has 3 rings (SSSR count). The van der Waals surface area contributed by atoms with Crippen LogP contribution in [0.2, 0.25) is 0 Å². The zero-order valence-corrected chi connectivity index (χ0v) is 17.3. The quantitative estimate of drug-likeness (QED) is 0.705. The van der Waals surface area contributed by atoms with Gasteiger partial charge in [0.1, 0.15) is 11.6 Å². The molecule has 1 saturated heterocycles. The molecule has 1 fully saturated rings. The highest BCUT2D eigenvalue weighted by atomic mass is 16.5. The third kappa shape index (κ3) is 5.64. The van der Waals surface area contributed by atoms with Crippen LogP contribution in [0, 0.1) is 0 Å². The fraction of sp³-hybridized carbons (Fsp3) is 0.524. The van der Waals surface area contributed by atoms with Gasteiger partial charge in [0.15, 0.2) is 0 Å². The molecule has 1 aliphatic heterocycles. The zero-order valence-electron chi connectivity index (χ0n) is 17.3. The Bertz CT molecular complexity index is 715. The molecule has 2 aromatic heterocycles. The number of rotatable bonds is 9. The molecule has 0 spiro atoms. The van der Waals surface area contributed by atoms with E-state index in [1.807, 2.05) is 25.5 Å². The van der Waals surface area contributed by atoms with Gasteiger partial charge < -0.3 is 24.8 Å². The van der Waals surface area contributed by atoms with Crippen LogP contribution in [0.25, 0.3) is 0 Å². The first-order valence-electron chi connectivity index (χ1n) is 9.90. The van der Waals surface area contributed by atoms with Gasteiger partial charge in [-0.3, -0.25) is 0 Å². The lowest BCUT2D eigenvalue weighted by Crippen LogP contribution is -2.45. The van der Waals surface area contributed by atoms with Crippen LogP contribution in [-0.4, -0.2) is 75.4 Å². The molecule has 2 aromatic rings. The summed E-state index contributed by atoms with van der Waals surface area (Å²) in [5.41, 5.74) is 2.42. The van der Waals surface area contributed by atoms with Crippen molar-refractivity contribution in [1.82, 2.24) is 20.2 Å². The van der Waals surface area contributed by atoms with Gasteiger partial charge in [-0.25, -0.2) is 9.97 Å². The lowest BCUT2D eigenvalue weighted by Gasteiger charge is -2.34. The number of methoxy groups -OCH3 is 1. The average molecular weight is 385 g/mol. The highest BCUT2D eigenvalue weighted by Crippen LogP contribution is 2.19. The molecule has 28 heavy (non-hydrogen) atoms.